The molecule has 1 aliphatic carbocycles. The van der Waals surface area contributed by atoms with Crippen molar-refractivity contribution in [3.05, 3.63) is 217 Å². The van der Waals surface area contributed by atoms with Crippen molar-refractivity contribution >= 4 is 49.6 Å². The SMILES string of the molecule is CC1(C)c2cc(N(c3ccccc3)c3ccc(-c4ccc5c(c4)c4cc(-c6ccccc6)ccc4n5-c4ccccc4)cc3)ccc2-c2ccc3ccccc3c21. The fraction of sp³-hybridized carbons (Fsp3) is 0.0545. The Morgan fingerprint density at radius 3 is 1.60 bits per heavy atom. The molecule has 0 saturated heterocycles. The van der Waals surface area contributed by atoms with Crippen molar-refractivity contribution in [3.63, 3.8) is 0 Å². The summed E-state index contributed by atoms with van der Waals surface area (Å²) in [7, 11) is 0. The van der Waals surface area contributed by atoms with Crippen LogP contribution in [-0.2, 0) is 5.41 Å². The van der Waals surface area contributed by atoms with Gasteiger partial charge in [-0.3, -0.25) is 0 Å². The Morgan fingerprint density at radius 2 is 0.912 bits per heavy atom. The van der Waals surface area contributed by atoms with E-state index in [0.29, 0.717) is 0 Å². The highest BCUT2D eigenvalue weighted by atomic mass is 15.1. The van der Waals surface area contributed by atoms with Gasteiger partial charge in [0.15, 0.2) is 0 Å². The Morgan fingerprint density at radius 1 is 0.386 bits per heavy atom. The molecule has 57 heavy (non-hydrogen) atoms. The van der Waals surface area contributed by atoms with Crippen LogP contribution in [0, 0.1) is 0 Å². The number of hydrogen-bond acceptors (Lipinski definition) is 1. The van der Waals surface area contributed by atoms with Crippen LogP contribution in [0.1, 0.15) is 25.0 Å². The second kappa shape index (κ2) is 13.0. The van der Waals surface area contributed by atoms with Gasteiger partial charge in [0, 0.05) is 38.9 Å². The van der Waals surface area contributed by atoms with E-state index in [1.165, 1.54) is 77.1 Å². The first-order chi connectivity index (χ1) is 28.0. The number of aromatic nitrogens is 1. The zero-order valence-corrected chi connectivity index (χ0v) is 32.0. The quantitative estimate of drug-likeness (QED) is 0.165. The first kappa shape index (κ1) is 33.2. The van der Waals surface area contributed by atoms with Crippen molar-refractivity contribution in [3.8, 4) is 39.1 Å². The number of benzene rings is 9. The van der Waals surface area contributed by atoms with E-state index in [1.807, 2.05) is 0 Å². The predicted octanol–water partition coefficient (Wildman–Crippen LogP) is 15.0. The van der Waals surface area contributed by atoms with Gasteiger partial charge in [0.05, 0.1) is 11.0 Å². The summed E-state index contributed by atoms with van der Waals surface area (Å²) >= 11 is 0. The lowest BCUT2D eigenvalue weighted by Crippen LogP contribution is -2.17. The van der Waals surface area contributed by atoms with E-state index in [-0.39, 0.29) is 5.41 Å². The highest BCUT2D eigenvalue weighted by Gasteiger charge is 2.37. The second-order valence-corrected chi connectivity index (χ2v) is 15.8. The van der Waals surface area contributed by atoms with E-state index in [1.54, 1.807) is 0 Å². The van der Waals surface area contributed by atoms with Crippen molar-refractivity contribution in [2.75, 3.05) is 4.90 Å². The van der Waals surface area contributed by atoms with Gasteiger partial charge in [-0.1, -0.05) is 147 Å². The summed E-state index contributed by atoms with van der Waals surface area (Å²) in [6, 6.07) is 75.5. The van der Waals surface area contributed by atoms with Crippen molar-refractivity contribution in [2.45, 2.75) is 19.3 Å². The molecule has 0 amide bonds. The van der Waals surface area contributed by atoms with Crippen molar-refractivity contribution < 1.29 is 0 Å². The maximum atomic E-state index is 2.42. The van der Waals surface area contributed by atoms with Gasteiger partial charge in [-0.15, -0.1) is 0 Å². The van der Waals surface area contributed by atoms with Crippen molar-refractivity contribution in [1.29, 1.82) is 0 Å². The molecule has 0 bridgehead atoms. The van der Waals surface area contributed by atoms with Gasteiger partial charge in [-0.25, -0.2) is 0 Å². The molecule has 1 aliphatic rings. The van der Waals surface area contributed by atoms with Crippen LogP contribution in [-0.4, -0.2) is 4.57 Å². The average molecular weight is 729 g/mol. The predicted molar refractivity (Wildman–Crippen MR) is 241 cm³/mol. The van der Waals surface area contributed by atoms with Gasteiger partial charge in [0.1, 0.15) is 0 Å². The molecule has 0 N–H and O–H groups in total. The second-order valence-electron chi connectivity index (χ2n) is 15.8. The number of hydrogen-bond donors (Lipinski definition) is 0. The molecule has 1 aromatic heterocycles. The minimum Gasteiger partial charge on any atom is -0.310 e. The van der Waals surface area contributed by atoms with Gasteiger partial charge in [-0.05, 0) is 128 Å². The van der Waals surface area contributed by atoms with Crippen LogP contribution in [0.25, 0.3) is 71.6 Å². The van der Waals surface area contributed by atoms with Crippen LogP contribution < -0.4 is 4.90 Å². The van der Waals surface area contributed by atoms with Crippen LogP contribution in [0.5, 0.6) is 0 Å². The molecule has 0 saturated carbocycles. The third-order valence-corrected chi connectivity index (χ3v) is 12.1. The average Bonchev–Trinajstić information content (AvgIpc) is 3.72. The van der Waals surface area contributed by atoms with Crippen LogP contribution in [0.2, 0.25) is 0 Å². The number of nitrogens with zero attached hydrogens (tertiary/aromatic N) is 2. The Bertz CT molecular complexity index is 3120. The summed E-state index contributed by atoms with van der Waals surface area (Å²) in [6.45, 7) is 4.76. The third-order valence-electron chi connectivity index (χ3n) is 12.1. The molecule has 1 heterocycles. The monoisotopic (exact) mass is 728 g/mol. The smallest absolute Gasteiger partial charge is 0.0541 e. The van der Waals surface area contributed by atoms with E-state index in [9.17, 15) is 0 Å². The molecular weight excluding hydrogens is 689 g/mol. The summed E-state index contributed by atoms with van der Waals surface area (Å²) in [5, 5.41) is 5.13. The molecule has 11 rings (SSSR count). The summed E-state index contributed by atoms with van der Waals surface area (Å²) in [5.74, 6) is 0. The number of para-hydroxylation sites is 2. The molecule has 0 fully saturated rings. The largest absolute Gasteiger partial charge is 0.310 e. The van der Waals surface area contributed by atoms with Gasteiger partial charge in [-0.2, -0.15) is 0 Å². The Kier molecular flexibility index (Phi) is 7.55. The lowest BCUT2D eigenvalue weighted by Gasteiger charge is -2.28. The minimum absolute atomic E-state index is 0.141. The molecule has 0 atom stereocenters. The molecule has 9 aromatic carbocycles. The molecule has 0 aliphatic heterocycles. The van der Waals surface area contributed by atoms with Crippen molar-refractivity contribution in [2.24, 2.45) is 0 Å². The van der Waals surface area contributed by atoms with E-state index < -0.39 is 0 Å². The van der Waals surface area contributed by atoms with Gasteiger partial charge >= 0.3 is 0 Å². The van der Waals surface area contributed by atoms with E-state index in [4.69, 9.17) is 0 Å². The normalized spacial score (nSPS) is 12.9. The number of fused-ring (bicyclic) bond motifs is 8. The van der Waals surface area contributed by atoms with Crippen LogP contribution in [0.3, 0.4) is 0 Å². The fourth-order valence-corrected chi connectivity index (χ4v) is 9.42. The van der Waals surface area contributed by atoms with Crippen LogP contribution >= 0.6 is 0 Å². The first-order valence-corrected chi connectivity index (χ1v) is 19.8. The lowest BCUT2D eigenvalue weighted by atomic mass is 9.80. The van der Waals surface area contributed by atoms with E-state index >= 15 is 0 Å². The molecule has 2 heteroatoms. The van der Waals surface area contributed by atoms with Gasteiger partial charge in [0.2, 0.25) is 0 Å². The Hall–Kier alpha value is -7.16. The first-order valence-electron chi connectivity index (χ1n) is 19.8. The molecule has 270 valence electrons. The molecule has 0 unspecified atom stereocenters. The van der Waals surface area contributed by atoms with Crippen LogP contribution in [0.15, 0.2) is 206 Å². The summed E-state index contributed by atoms with van der Waals surface area (Å²) in [6.07, 6.45) is 0. The van der Waals surface area contributed by atoms with E-state index in [2.05, 4.69) is 230 Å². The third kappa shape index (κ3) is 5.33. The molecule has 0 radical (unpaired) electrons. The van der Waals surface area contributed by atoms with Gasteiger partial charge < -0.3 is 9.47 Å². The van der Waals surface area contributed by atoms with Crippen LogP contribution in [0.4, 0.5) is 17.1 Å². The zero-order chi connectivity index (χ0) is 38.1. The molecule has 10 aromatic rings. The lowest BCUT2D eigenvalue weighted by molar-refractivity contribution is 0.666. The Balaban J connectivity index is 1.01. The number of anilines is 3. The fourth-order valence-electron chi connectivity index (χ4n) is 9.42. The van der Waals surface area contributed by atoms with Gasteiger partial charge in [0.25, 0.3) is 0 Å². The maximum Gasteiger partial charge on any atom is 0.0541 e. The molecular formula is C55H40N2. The Labute approximate surface area is 333 Å². The van der Waals surface area contributed by atoms with E-state index in [0.717, 1.165) is 22.7 Å². The summed E-state index contributed by atoms with van der Waals surface area (Å²) < 4.78 is 2.39. The highest BCUT2D eigenvalue weighted by Crippen LogP contribution is 2.53. The summed E-state index contributed by atoms with van der Waals surface area (Å²) in [5.41, 5.74) is 17.1. The summed E-state index contributed by atoms with van der Waals surface area (Å²) in [4.78, 5) is 2.39. The van der Waals surface area contributed by atoms with Crippen molar-refractivity contribution in [1.82, 2.24) is 4.57 Å². The number of rotatable bonds is 6. The molecule has 2 nitrogen and oxygen atoms in total. The topological polar surface area (TPSA) is 8.17 Å². The minimum atomic E-state index is -0.141. The highest BCUT2D eigenvalue weighted by molar-refractivity contribution is 6.11. The zero-order valence-electron chi connectivity index (χ0n) is 32.0. The standard InChI is InChI=1S/C55H40N2/c1-55(2)51-36-45(29-31-47(51)48-30-24-39-16-12-13-21-46(39)54(48)55)56(42-17-8-4-9-18-42)44-27-22-38(23-28-44)41-26-33-53-50(35-41)49-34-40(37-14-6-3-7-15-37)25-32-52(49)57(53)43-19-10-5-11-20-43/h3-36H,1-2H3. The maximum absolute atomic E-state index is 2.42. The molecule has 0 spiro atoms.